The van der Waals surface area contributed by atoms with Crippen LogP contribution >= 0.6 is 15.9 Å². The number of nitriles is 1. The maximum atomic E-state index is 13.8. The van der Waals surface area contributed by atoms with Gasteiger partial charge in [0.2, 0.25) is 0 Å². The Balaban J connectivity index is 2.21. The SMILES string of the molecule is CC1CCC(C#N)(Cc2cc(Br)ccc2F)CC1. The molecule has 0 amide bonds. The van der Waals surface area contributed by atoms with Crippen molar-refractivity contribution in [3.63, 3.8) is 0 Å². The Hall–Kier alpha value is -0.880. The summed E-state index contributed by atoms with van der Waals surface area (Å²) in [7, 11) is 0. The highest BCUT2D eigenvalue weighted by Gasteiger charge is 2.35. The average Bonchev–Trinajstić information content (AvgIpc) is 2.37. The first-order chi connectivity index (χ1) is 8.54. The Morgan fingerprint density at radius 3 is 2.72 bits per heavy atom. The predicted octanol–water partition coefficient (Wildman–Crippen LogP) is 4.85. The molecule has 0 radical (unpaired) electrons. The van der Waals surface area contributed by atoms with Crippen LogP contribution in [0, 0.1) is 28.5 Å². The van der Waals surface area contributed by atoms with E-state index >= 15 is 0 Å². The summed E-state index contributed by atoms with van der Waals surface area (Å²) in [5.74, 6) is 0.491. The average molecular weight is 310 g/mol. The Morgan fingerprint density at radius 2 is 2.11 bits per heavy atom. The monoisotopic (exact) mass is 309 g/mol. The minimum atomic E-state index is -0.367. The highest BCUT2D eigenvalue weighted by molar-refractivity contribution is 9.10. The molecule has 1 aliphatic carbocycles. The fraction of sp³-hybridized carbons (Fsp3) is 0.533. The first-order valence-corrected chi connectivity index (χ1v) is 7.19. The Labute approximate surface area is 116 Å². The van der Waals surface area contributed by atoms with Crippen molar-refractivity contribution in [1.29, 1.82) is 5.26 Å². The van der Waals surface area contributed by atoms with Crippen molar-refractivity contribution in [2.24, 2.45) is 11.3 Å². The normalized spacial score (nSPS) is 27.8. The Kier molecular flexibility index (Phi) is 4.07. The largest absolute Gasteiger partial charge is 0.207 e. The number of rotatable bonds is 2. The molecule has 1 saturated carbocycles. The Bertz CT molecular complexity index is 470. The highest BCUT2D eigenvalue weighted by atomic mass is 79.9. The van der Waals surface area contributed by atoms with E-state index in [1.807, 2.05) is 0 Å². The molecular formula is C15H17BrFN. The lowest BCUT2D eigenvalue weighted by atomic mass is 9.69. The number of benzene rings is 1. The number of hydrogen-bond donors (Lipinski definition) is 0. The summed E-state index contributed by atoms with van der Waals surface area (Å²) in [6.45, 7) is 2.22. The van der Waals surface area contributed by atoms with Crippen molar-refractivity contribution in [2.45, 2.75) is 39.0 Å². The van der Waals surface area contributed by atoms with E-state index in [0.717, 1.165) is 30.2 Å². The van der Waals surface area contributed by atoms with Crippen LogP contribution in [0.4, 0.5) is 4.39 Å². The van der Waals surface area contributed by atoms with E-state index in [2.05, 4.69) is 28.9 Å². The van der Waals surface area contributed by atoms with Gasteiger partial charge in [0, 0.05) is 4.47 Å². The van der Waals surface area contributed by atoms with Crippen LogP contribution in [0.15, 0.2) is 22.7 Å². The topological polar surface area (TPSA) is 23.8 Å². The quantitative estimate of drug-likeness (QED) is 0.766. The minimum absolute atomic E-state index is 0.202. The third-order valence-corrected chi connectivity index (χ3v) is 4.50. The van der Waals surface area contributed by atoms with Gasteiger partial charge >= 0.3 is 0 Å². The molecule has 0 unspecified atom stereocenters. The van der Waals surface area contributed by atoms with Gasteiger partial charge < -0.3 is 0 Å². The molecule has 1 nitrogen and oxygen atoms in total. The lowest BCUT2D eigenvalue weighted by Gasteiger charge is -2.33. The van der Waals surface area contributed by atoms with Gasteiger partial charge in [-0.3, -0.25) is 0 Å². The van der Waals surface area contributed by atoms with Crippen molar-refractivity contribution in [3.05, 3.63) is 34.1 Å². The maximum Gasteiger partial charge on any atom is 0.126 e. The van der Waals surface area contributed by atoms with Crippen LogP contribution in [0.1, 0.15) is 38.2 Å². The van der Waals surface area contributed by atoms with Crippen LogP contribution in [-0.2, 0) is 6.42 Å². The molecule has 3 heteroatoms. The molecule has 0 atom stereocenters. The summed E-state index contributed by atoms with van der Waals surface area (Å²) < 4.78 is 14.6. The van der Waals surface area contributed by atoms with Gasteiger partial charge in [-0.25, -0.2) is 4.39 Å². The molecule has 2 rings (SSSR count). The van der Waals surface area contributed by atoms with Gasteiger partial charge in [0.25, 0.3) is 0 Å². The highest BCUT2D eigenvalue weighted by Crippen LogP contribution is 2.41. The van der Waals surface area contributed by atoms with E-state index < -0.39 is 0 Å². The maximum absolute atomic E-state index is 13.8. The predicted molar refractivity (Wildman–Crippen MR) is 73.5 cm³/mol. The summed E-state index contributed by atoms with van der Waals surface area (Å²) in [5.41, 5.74) is 0.286. The third kappa shape index (κ3) is 2.92. The van der Waals surface area contributed by atoms with Gasteiger partial charge in [0.15, 0.2) is 0 Å². The van der Waals surface area contributed by atoms with Crippen LogP contribution in [-0.4, -0.2) is 0 Å². The van der Waals surface area contributed by atoms with Gasteiger partial charge in [-0.2, -0.15) is 5.26 Å². The van der Waals surface area contributed by atoms with Crippen molar-refractivity contribution in [1.82, 2.24) is 0 Å². The van der Waals surface area contributed by atoms with Crippen LogP contribution in [0.25, 0.3) is 0 Å². The number of hydrogen-bond acceptors (Lipinski definition) is 1. The summed E-state index contributed by atoms with van der Waals surface area (Å²) in [5, 5.41) is 9.47. The standard InChI is InChI=1S/C15H17BrFN/c1-11-4-6-15(10-18,7-5-11)9-12-8-13(16)2-3-14(12)17/h2-3,8,11H,4-7,9H2,1H3. The second-order valence-corrected chi connectivity index (χ2v) is 6.40. The number of halogens is 2. The minimum Gasteiger partial charge on any atom is -0.207 e. The van der Waals surface area contributed by atoms with E-state index in [9.17, 15) is 9.65 Å². The molecule has 0 aliphatic heterocycles. The van der Waals surface area contributed by atoms with E-state index in [1.54, 1.807) is 12.1 Å². The fourth-order valence-corrected chi connectivity index (χ4v) is 3.09. The Morgan fingerprint density at radius 1 is 1.44 bits per heavy atom. The molecule has 96 valence electrons. The second-order valence-electron chi connectivity index (χ2n) is 5.49. The van der Waals surface area contributed by atoms with Gasteiger partial charge in [0.1, 0.15) is 5.82 Å². The molecule has 1 aliphatic rings. The molecule has 0 heterocycles. The van der Waals surface area contributed by atoms with Gasteiger partial charge in [-0.15, -0.1) is 0 Å². The van der Waals surface area contributed by atoms with Crippen molar-refractivity contribution in [2.75, 3.05) is 0 Å². The lowest BCUT2D eigenvalue weighted by Crippen LogP contribution is -2.28. The van der Waals surface area contributed by atoms with E-state index in [1.165, 1.54) is 6.07 Å². The van der Waals surface area contributed by atoms with Gasteiger partial charge in [0.05, 0.1) is 11.5 Å². The fourth-order valence-electron chi connectivity index (χ4n) is 2.69. The zero-order chi connectivity index (χ0) is 13.2. The van der Waals surface area contributed by atoms with Crippen LogP contribution < -0.4 is 0 Å². The summed E-state index contributed by atoms with van der Waals surface area (Å²) >= 11 is 3.36. The van der Waals surface area contributed by atoms with E-state index in [4.69, 9.17) is 0 Å². The second kappa shape index (κ2) is 5.40. The van der Waals surface area contributed by atoms with Crippen molar-refractivity contribution in [3.8, 4) is 6.07 Å². The first-order valence-electron chi connectivity index (χ1n) is 6.40. The van der Waals surface area contributed by atoms with Gasteiger partial charge in [-0.05, 0) is 61.8 Å². The van der Waals surface area contributed by atoms with Gasteiger partial charge in [-0.1, -0.05) is 22.9 Å². The van der Waals surface area contributed by atoms with Crippen LogP contribution in [0.2, 0.25) is 0 Å². The zero-order valence-corrected chi connectivity index (χ0v) is 12.1. The molecule has 0 aromatic heterocycles. The molecule has 0 N–H and O–H groups in total. The van der Waals surface area contributed by atoms with E-state index in [-0.39, 0.29) is 11.2 Å². The molecular weight excluding hydrogens is 293 g/mol. The van der Waals surface area contributed by atoms with E-state index in [0.29, 0.717) is 17.9 Å². The third-order valence-electron chi connectivity index (χ3n) is 4.01. The lowest BCUT2D eigenvalue weighted by molar-refractivity contribution is 0.217. The molecule has 1 aromatic rings. The van der Waals surface area contributed by atoms with Crippen LogP contribution in [0.3, 0.4) is 0 Å². The molecule has 0 saturated heterocycles. The zero-order valence-electron chi connectivity index (χ0n) is 10.5. The van der Waals surface area contributed by atoms with Crippen molar-refractivity contribution < 1.29 is 4.39 Å². The summed E-state index contributed by atoms with van der Waals surface area (Å²) in [6, 6.07) is 7.41. The molecule has 1 aromatic carbocycles. The first kappa shape index (κ1) is 13.5. The summed E-state index contributed by atoms with van der Waals surface area (Å²) in [4.78, 5) is 0. The van der Waals surface area contributed by atoms with Crippen molar-refractivity contribution >= 4 is 15.9 Å². The molecule has 0 spiro atoms. The smallest absolute Gasteiger partial charge is 0.126 e. The molecule has 18 heavy (non-hydrogen) atoms. The van der Waals surface area contributed by atoms with Crippen LogP contribution in [0.5, 0.6) is 0 Å². The molecule has 0 bridgehead atoms. The number of nitrogens with zero attached hydrogens (tertiary/aromatic N) is 1. The summed E-state index contributed by atoms with van der Waals surface area (Å²) in [6.07, 6.45) is 4.45. The molecule has 1 fully saturated rings.